The molecule has 1 amide bonds. The Morgan fingerprint density at radius 3 is 2.67 bits per heavy atom. The Balaban J connectivity index is 1.56. The van der Waals surface area contributed by atoms with Gasteiger partial charge in [0.2, 0.25) is 0 Å². The molecule has 0 saturated heterocycles. The van der Waals surface area contributed by atoms with Crippen molar-refractivity contribution in [3.63, 3.8) is 0 Å². The zero-order chi connectivity index (χ0) is 23.0. The quantitative estimate of drug-likeness (QED) is 0.350. The Morgan fingerprint density at radius 1 is 1.09 bits per heavy atom. The molecule has 1 aliphatic rings. The second-order valence-electron chi connectivity index (χ2n) is 9.00. The van der Waals surface area contributed by atoms with E-state index in [2.05, 4.69) is 44.6 Å². The maximum atomic E-state index is 13.2. The van der Waals surface area contributed by atoms with Crippen molar-refractivity contribution < 1.29 is 9.59 Å². The highest BCUT2D eigenvalue weighted by Crippen LogP contribution is 2.43. The van der Waals surface area contributed by atoms with Crippen LogP contribution >= 0.6 is 0 Å². The number of nitrogens with zero attached hydrogens (tertiary/aromatic N) is 2. The number of carbonyl (C=O) groups is 2. The summed E-state index contributed by atoms with van der Waals surface area (Å²) in [5.74, 6) is 0.153. The number of benzene rings is 1. The molecule has 8 nitrogen and oxygen atoms in total. The number of amides is 1. The second-order valence-corrected chi connectivity index (χ2v) is 9.00. The molecule has 0 fully saturated rings. The molecule has 3 heterocycles. The fourth-order valence-corrected chi connectivity index (χ4v) is 4.28. The van der Waals surface area contributed by atoms with E-state index in [-0.39, 0.29) is 22.8 Å². The number of carbonyl (C=O) groups excluding carboxylic acids is 2. The first-order chi connectivity index (χ1) is 15.9. The number of aromatic nitrogens is 4. The Bertz CT molecular complexity index is 1320. The van der Waals surface area contributed by atoms with E-state index in [1.807, 2.05) is 36.4 Å². The minimum atomic E-state index is -0.355. The molecule has 0 aliphatic heterocycles. The van der Waals surface area contributed by atoms with Gasteiger partial charge in [0.25, 0.3) is 5.91 Å². The number of hydrogen-bond donors (Lipinski definition) is 4. The smallest absolute Gasteiger partial charge is 0.277 e. The SMILES string of the molecule is CC1(C)CC(=O)c2c([nH]c(-c3ccnc(NC(=O)c4cc[nH]n4)c3)c2Nc2ccccc2)C1. The van der Waals surface area contributed by atoms with E-state index < -0.39 is 0 Å². The average molecular weight is 441 g/mol. The Hall–Kier alpha value is -4.20. The van der Waals surface area contributed by atoms with Crippen molar-refractivity contribution in [3.8, 4) is 11.3 Å². The third kappa shape index (κ3) is 4.15. The third-order valence-corrected chi connectivity index (χ3v) is 5.72. The third-order valence-electron chi connectivity index (χ3n) is 5.72. The van der Waals surface area contributed by atoms with E-state index in [1.54, 1.807) is 24.5 Å². The molecule has 5 rings (SSSR count). The van der Waals surface area contributed by atoms with Crippen molar-refractivity contribution in [1.82, 2.24) is 20.2 Å². The van der Waals surface area contributed by atoms with Gasteiger partial charge in [0.15, 0.2) is 5.78 Å². The average Bonchev–Trinajstić information content (AvgIpc) is 3.43. The second kappa shape index (κ2) is 8.05. The van der Waals surface area contributed by atoms with Gasteiger partial charge in [-0.2, -0.15) is 5.10 Å². The standard InChI is InChI=1S/C25H24N6O2/c1-25(2)13-18-21(19(32)14-25)23(28-16-6-4-3-5-7-16)22(29-18)15-8-10-26-20(12-15)30-24(33)17-9-11-27-31-17/h3-12,28-29H,13-14H2,1-2H3,(H,27,31)(H,26,30,33). The summed E-state index contributed by atoms with van der Waals surface area (Å²) in [6.07, 6.45) is 4.48. The molecule has 1 aliphatic carbocycles. The number of hydrogen-bond acceptors (Lipinski definition) is 5. The minimum absolute atomic E-state index is 0.114. The molecule has 0 unspecified atom stereocenters. The fourth-order valence-electron chi connectivity index (χ4n) is 4.28. The summed E-state index contributed by atoms with van der Waals surface area (Å²) >= 11 is 0. The van der Waals surface area contributed by atoms with E-state index in [0.29, 0.717) is 17.8 Å². The number of rotatable bonds is 5. The summed E-state index contributed by atoms with van der Waals surface area (Å²) in [6, 6.07) is 15.0. The Kier molecular flexibility index (Phi) is 5.05. The molecule has 4 N–H and O–H groups in total. The number of anilines is 3. The number of fused-ring (bicyclic) bond motifs is 1. The first-order valence-electron chi connectivity index (χ1n) is 10.8. The highest BCUT2D eigenvalue weighted by atomic mass is 16.2. The predicted molar refractivity (Wildman–Crippen MR) is 127 cm³/mol. The number of H-pyrrole nitrogens is 2. The molecule has 0 spiro atoms. The van der Waals surface area contributed by atoms with Crippen molar-refractivity contribution in [2.24, 2.45) is 5.41 Å². The van der Waals surface area contributed by atoms with Crippen molar-refractivity contribution in [3.05, 3.63) is 77.9 Å². The number of Topliss-reactive ketones (excluding diaryl/α,β-unsaturated/α-hetero) is 1. The molecule has 3 aromatic heterocycles. The van der Waals surface area contributed by atoms with E-state index in [1.165, 1.54) is 0 Å². The van der Waals surface area contributed by atoms with E-state index in [9.17, 15) is 9.59 Å². The molecule has 1 aromatic carbocycles. The number of nitrogens with one attached hydrogen (secondary N) is 4. The van der Waals surface area contributed by atoms with Gasteiger partial charge in [-0.05, 0) is 42.2 Å². The van der Waals surface area contributed by atoms with Crippen molar-refractivity contribution in [2.45, 2.75) is 26.7 Å². The van der Waals surface area contributed by atoms with Crippen LogP contribution in [0.2, 0.25) is 0 Å². The summed E-state index contributed by atoms with van der Waals surface area (Å²) < 4.78 is 0. The lowest BCUT2D eigenvalue weighted by Gasteiger charge is -2.28. The number of para-hydroxylation sites is 1. The lowest BCUT2D eigenvalue weighted by atomic mass is 9.76. The Morgan fingerprint density at radius 2 is 1.91 bits per heavy atom. The normalized spacial score (nSPS) is 14.5. The monoisotopic (exact) mass is 440 g/mol. The highest BCUT2D eigenvalue weighted by molar-refractivity contribution is 6.08. The summed E-state index contributed by atoms with van der Waals surface area (Å²) in [6.45, 7) is 4.21. The van der Waals surface area contributed by atoms with Gasteiger partial charge in [0.1, 0.15) is 11.5 Å². The number of aromatic amines is 2. The summed E-state index contributed by atoms with van der Waals surface area (Å²) in [5.41, 5.74) is 5.00. The maximum absolute atomic E-state index is 13.2. The van der Waals surface area contributed by atoms with Gasteiger partial charge in [-0.3, -0.25) is 14.7 Å². The van der Waals surface area contributed by atoms with Crippen molar-refractivity contribution in [2.75, 3.05) is 10.6 Å². The van der Waals surface area contributed by atoms with Gasteiger partial charge in [-0.25, -0.2) is 4.98 Å². The van der Waals surface area contributed by atoms with Crippen LogP contribution in [-0.4, -0.2) is 31.9 Å². The number of pyridine rings is 1. The van der Waals surface area contributed by atoms with Crippen LogP contribution in [0.3, 0.4) is 0 Å². The lowest BCUT2D eigenvalue weighted by molar-refractivity contribution is 0.0912. The molecule has 0 radical (unpaired) electrons. The largest absolute Gasteiger partial charge is 0.356 e. The van der Waals surface area contributed by atoms with Crippen LogP contribution in [-0.2, 0) is 6.42 Å². The van der Waals surface area contributed by atoms with Gasteiger partial charge in [0.05, 0.1) is 16.9 Å². The van der Waals surface area contributed by atoms with E-state index in [0.717, 1.165) is 34.7 Å². The van der Waals surface area contributed by atoms with E-state index in [4.69, 9.17) is 0 Å². The van der Waals surface area contributed by atoms with Gasteiger partial charge in [-0.1, -0.05) is 32.0 Å². The van der Waals surface area contributed by atoms with Crippen LogP contribution < -0.4 is 10.6 Å². The molecule has 0 atom stereocenters. The van der Waals surface area contributed by atoms with E-state index >= 15 is 0 Å². The predicted octanol–water partition coefficient (Wildman–Crippen LogP) is 4.95. The molecular formula is C25H24N6O2. The molecule has 4 aromatic rings. The first-order valence-corrected chi connectivity index (χ1v) is 10.8. The molecule has 0 saturated carbocycles. The van der Waals surface area contributed by atoms with Crippen LogP contribution in [0.25, 0.3) is 11.3 Å². The molecule has 0 bridgehead atoms. The topological polar surface area (TPSA) is 116 Å². The fraction of sp³-hybridized carbons (Fsp3) is 0.200. The summed E-state index contributed by atoms with van der Waals surface area (Å²) in [5, 5.41) is 12.7. The van der Waals surface area contributed by atoms with Crippen LogP contribution in [0.1, 0.15) is 46.8 Å². The highest BCUT2D eigenvalue weighted by Gasteiger charge is 2.35. The first kappa shape index (κ1) is 20.7. The van der Waals surface area contributed by atoms with Crippen LogP contribution in [0.5, 0.6) is 0 Å². The van der Waals surface area contributed by atoms with Crippen LogP contribution in [0.15, 0.2) is 60.9 Å². The molecular weight excluding hydrogens is 416 g/mol. The molecule has 166 valence electrons. The Labute approximate surface area is 190 Å². The lowest BCUT2D eigenvalue weighted by Crippen LogP contribution is -2.26. The summed E-state index contributed by atoms with van der Waals surface area (Å²) in [4.78, 5) is 33.3. The van der Waals surface area contributed by atoms with Crippen LogP contribution in [0.4, 0.5) is 17.2 Å². The van der Waals surface area contributed by atoms with Crippen molar-refractivity contribution >= 4 is 28.9 Å². The van der Waals surface area contributed by atoms with Gasteiger partial charge < -0.3 is 15.6 Å². The number of ketones is 1. The van der Waals surface area contributed by atoms with Gasteiger partial charge in [-0.15, -0.1) is 0 Å². The van der Waals surface area contributed by atoms with Gasteiger partial charge >= 0.3 is 0 Å². The summed E-state index contributed by atoms with van der Waals surface area (Å²) in [7, 11) is 0. The zero-order valence-electron chi connectivity index (χ0n) is 18.4. The minimum Gasteiger partial charge on any atom is -0.356 e. The van der Waals surface area contributed by atoms with Gasteiger partial charge in [0, 0.05) is 35.8 Å². The molecule has 33 heavy (non-hydrogen) atoms. The van der Waals surface area contributed by atoms with Crippen molar-refractivity contribution in [1.29, 1.82) is 0 Å². The molecule has 8 heteroatoms. The zero-order valence-corrected chi connectivity index (χ0v) is 18.4. The maximum Gasteiger partial charge on any atom is 0.277 e. The van der Waals surface area contributed by atoms with Crippen LogP contribution in [0, 0.1) is 5.41 Å².